The number of benzene rings is 1. The van der Waals surface area contributed by atoms with E-state index in [1.54, 1.807) is 13.0 Å². The molecule has 0 saturated heterocycles. The lowest BCUT2D eigenvalue weighted by Crippen LogP contribution is -2.26. The fraction of sp³-hybridized carbons (Fsp3) is 0.389. The van der Waals surface area contributed by atoms with Crippen LogP contribution in [0.4, 0.5) is 5.95 Å². The first-order valence-electron chi connectivity index (χ1n) is 8.31. The van der Waals surface area contributed by atoms with Gasteiger partial charge in [-0.25, -0.2) is 4.98 Å². The van der Waals surface area contributed by atoms with E-state index in [0.29, 0.717) is 49.4 Å². The summed E-state index contributed by atoms with van der Waals surface area (Å²) in [6.07, 6.45) is 1.17. The van der Waals surface area contributed by atoms with Gasteiger partial charge in [0.15, 0.2) is 0 Å². The van der Waals surface area contributed by atoms with E-state index in [4.69, 9.17) is 10.5 Å². The summed E-state index contributed by atoms with van der Waals surface area (Å²) in [4.78, 5) is 30.6. The molecule has 4 N–H and O–H groups in total. The van der Waals surface area contributed by atoms with Gasteiger partial charge >= 0.3 is 0 Å². The van der Waals surface area contributed by atoms with E-state index in [1.165, 1.54) is 0 Å². The third kappa shape index (κ3) is 5.42. The molecular formula is C18H24N4O3. The van der Waals surface area contributed by atoms with Crippen molar-refractivity contribution in [3.05, 3.63) is 57.0 Å². The summed E-state index contributed by atoms with van der Waals surface area (Å²) in [7, 11) is 0. The Bertz CT molecular complexity index is 786. The maximum atomic E-state index is 12.2. The number of H-pyrrole nitrogens is 1. The highest BCUT2D eigenvalue weighted by Gasteiger charge is 2.08. The summed E-state index contributed by atoms with van der Waals surface area (Å²) < 4.78 is 5.35. The van der Waals surface area contributed by atoms with Crippen molar-refractivity contribution in [1.82, 2.24) is 15.3 Å². The number of carbonyl (C=O) groups is 1. The summed E-state index contributed by atoms with van der Waals surface area (Å²) in [6.45, 7) is 5.28. The second-order valence-corrected chi connectivity index (χ2v) is 5.71. The highest BCUT2D eigenvalue weighted by atomic mass is 16.5. The predicted octanol–water partition coefficient (Wildman–Crippen LogP) is 1.56. The number of rotatable bonds is 8. The van der Waals surface area contributed by atoms with Crippen molar-refractivity contribution >= 4 is 11.9 Å². The van der Waals surface area contributed by atoms with Gasteiger partial charge in [0.2, 0.25) is 5.95 Å². The second-order valence-electron chi connectivity index (χ2n) is 5.71. The van der Waals surface area contributed by atoms with Gasteiger partial charge in [-0.1, -0.05) is 12.1 Å². The van der Waals surface area contributed by atoms with Gasteiger partial charge in [0.05, 0.1) is 6.61 Å². The molecule has 0 aliphatic heterocycles. The zero-order valence-corrected chi connectivity index (χ0v) is 14.6. The van der Waals surface area contributed by atoms with Crippen molar-refractivity contribution < 1.29 is 9.53 Å². The van der Waals surface area contributed by atoms with Crippen LogP contribution in [0.15, 0.2) is 29.1 Å². The van der Waals surface area contributed by atoms with Crippen LogP contribution in [0.25, 0.3) is 0 Å². The van der Waals surface area contributed by atoms with Crippen LogP contribution in [-0.2, 0) is 17.8 Å². The fourth-order valence-corrected chi connectivity index (χ4v) is 2.52. The molecule has 0 aliphatic rings. The lowest BCUT2D eigenvalue weighted by atomic mass is 10.1. The number of anilines is 1. The summed E-state index contributed by atoms with van der Waals surface area (Å²) in [5.41, 5.74) is 8.06. The van der Waals surface area contributed by atoms with Gasteiger partial charge in [-0.2, -0.15) is 0 Å². The maximum Gasteiger partial charge on any atom is 0.255 e. The molecule has 0 saturated carbocycles. The third-order valence-electron chi connectivity index (χ3n) is 3.79. The van der Waals surface area contributed by atoms with Gasteiger partial charge in [0.25, 0.3) is 11.5 Å². The van der Waals surface area contributed by atoms with E-state index in [1.807, 2.05) is 25.1 Å². The van der Waals surface area contributed by atoms with Crippen LogP contribution in [0.5, 0.6) is 0 Å². The Morgan fingerprint density at radius 2 is 2.20 bits per heavy atom. The van der Waals surface area contributed by atoms with Crippen LogP contribution < -0.4 is 16.6 Å². The highest BCUT2D eigenvalue weighted by molar-refractivity contribution is 5.94. The van der Waals surface area contributed by atoms with Gasteiger partial charge in [-0.05, 0) is 44.4 Å². The van der Waals surface area contributed by atoms with E-state index in [9.17, 15) is 9.59 Å². The van der Waals surface area contributed by atoms with Crippen molar-refractivity contribution in [2.75, 3.05) is 18.9 Å². The van der Waals surface area contributed by atoms with Crippen molar-refractivity contribution in [1.29, 1.82) is 0 Å². The SMILES string of the molecule is CCOCc1cccc(C(=O)NCCCc2c(C)nc(N)[nH]c2=O)c1. The van der Waals surface area contributed by atoms with Crippen molar-refractivity contribution in [3.8, 4) is 0 Å². The molecule has 2 rings (SSSR count). The standard InChI is InChI=1S/C18H24N4O3/c1-3-25-11-13-6-4-7-14(10-13)16(23)20-9-5-8-15-12(2)21-18(19)22-17(15)24/h4,6-7,10H,3,5,8-9,11H2,1-2H3,(H,20,23)(H3,19,21,22,24). The van der Waals surface area contributed by atoms with Crippen molar-refractivity contribution in [2.24, 2.45) is 0 Å². The number of aromatic amines is 1. The number of aromatic nitrogens is 2. The molecule has 1 aromatic carbocycles. The van der Waals surface area contributed by atoms with Crippen molar-refractivity contribution in [3.63, 3.8) is 0 Å². The topological polar surface area (TPSA) is 110 Å². The second kappa shape index (κ2) is 8.98. The van der Waals surface area contributed by atoms with Crippen LogP contribution in [0, 0.1) is 6.92 Å². The minimum atomic E-state index is -0.222. The Hall–Kier alpha value is -2.67. The monoisotopic (exact) mass is 344 g/mol. The molecule has 0 atom stereocenters. The van der Waals surface area contributed by atoms with Gasteiger partial charge in [0, 0.05) is 30.0 Å². The molecule has 1 heterocycles. The molecule has 1 amide bonds. The first-order valence-corrected chi connectivity index (χ1v) is 8.31. The van der Waals surface area contributed by atoms with E-state index in [2.05, 4.69) is 15.3 Å². The largest absolute Gasteiger partial charge is 0.377 e. The van der Waals surface area contributed by atoms with Crippen LogP contribution in [0.3, 0.4) is 0 Å². The number of hydrogen-bond acceptors (Lipinski definition) is 5. The Balaban J connectivity index is 1.86. The number of nitrogens with zero attached hydrogens (tertiary/aromatic N) is 1. The van der Waals surface area contributed by atoms with Crippen LogP contribution >= 0.6 is 0 Å². The predicted molar refractivity (Wildman–Crippen MR) is 96.4 cm³/mol. The van der Waals surface area contributed by atoms with E-state index in [-0.39, 0.29) is 17.4 Å². The molecule has 2 aromatic rings. The summed E-state index contributed by atoms with van der Waals surface area (Å²) in [5.74, 6) is -0.0223. The average Bonchev–Trinajstić information content (AvgIpc) is 2.58. The van der Waals surface area contributed by atoms with E-state index < -0.39 is 0 Å². The van der Waals surface area contributed by atoms with Crippen molar-refractivity contribution in [2.45, 2.75) is 33.3 Å². The maximum absolute atomic E-state index is 12.2. The number of nitrogens with one attached hydrogen (secondary N) is 2. The number of nitrogen functional groups attached to an aromatic ring is 1. The molecule has 0 radical (unpaired) electrons. The molecule has 1 aromatic heterocycles. The van der Waals surface area contributed by atoms with Gasteiger partial charge in [-0.3, -0.25) is 14.6 Å². The molecule has 0 spiro atoms. The molecule has 0 fully saturated rings. The lowest BCUT2D eigenvalue weighted by Gasteiger charge is -2.08. The third-order valence-corrected chi connectivity index (χ3v) is 3.79. The number of hydrogen-bond donors (Lipinski definition) is 3. The Morgan fingerprint density at radius 1 is 1.40 bits per heavy atom. The quantitative estimate of drug-likeness (QED) is 0.630. The highest BCUT2D eigenvalue weighted by Crippen LogP contribution is 2.07. The number of ether oxygens (including phenoxy) is 1. The molecule has 25 heavy (non-hydrogen) atoms. The molecule has 134 valence electrons. The van der Waals surface area contributed by atoms with Crippen LogP contribution in [0.1, 0.15) is 40.5 Å². The summed E-state index contributed by atoms with van der Waals surface area (Å²) >= 11 is 0. The van der Waals surface area contributed by atoms with Gasteiger partial charge < -0.3 is 15.8 Å². The lowest BCUT2D eigenvalue weighted by molar-refractivity contribution is 0.0952. The smallest absolute Gasteiger partial charge is 0.255 e. The van der Waals surface area contributed by atoms with Crippen LogP contribution in [0.2, 0.25) is 0 Å². The Labute approximate surface area is 146 Å². The van der Waals surface area contributed by atoms with E-state index in [0.717, 1.165) is 5.56 Å². The number of amides is 1. The summed E-state index contributed by atoms with van der Waals surface area (Å²) in [6, 6.07) is 7.36. The van der Waals surface area contributed by atoms with Crippen LogP contribution in [-0.4, -0.2) is 29.0 Å². The first kappa shape index (κ1) is 18.7. The normalized spacial score (nSPS) is 10.6. The molecule has 0 bridgehead atoms. The van der Waals surface area contributed by atoms with Gasteiger partial charge in [-0.15, -0.1) is 0 Å². The number of nitrogens with two attached hydrogens (primary N) is 1. The number of carbonyl (C=O) groups excluding carboxylic acids is 1. The molecule has 0 unspecified atom stereocenters. The molecule has 0 aliphatic carbocycles. The van der Waals surface area contributed by atoms with Gasteiger partial charge in [0.1, 0.15) is 0 Å². The molecular weight excluding hydrogens is 320 g/mol. The fourth-order valence-electron chi connectivity index (χ4n) is 2.52. The average molecular weight is 344 g/mol. The summed E-state index contributed by atoms with van der Waals surface area (Å²) in [5, 5.41) is 2.87. The zero-order valence-electron chi connectivity index (χ0n) is 14.6. The minimum Gasteiger partial charge on any atom is -0.377 e. The molecule has 7 heteroatoms. The number of aryl methyl sites for hydroxylation is 1. The van der Waals surface area contributed by atoms with E-state index >= 15 is 0 Å². The Morgan fingerprint density at radius 3 is 2.92 bits per heavy atom. The Kier molecular flexibility index (Phi) is 6.71. The zero-order chi connectivity index (χ0) is 18.2. The minimum absolute atomic E-state index is 0.117. The first-order chi connectivity index (χ1) is 12.0. The molecule has 7 nitrogen and oxygen atoms in total.